The van der Waals surface area contributed by atoms with E-state index >= 15 is 0 Å². The van der Waals surface area contributed by atoms with Crippen LogP contribution in [0, 0.1) is 0 Å². The lowest BCUT2D eigenvalue weighted by Gasteiger charge is -2.18. The van der Waals surface area contributed by atoms with E-state index in [4.69, 9.17) is 10.2 Å². The first-order valence-electron chi connectivity index (χ1n) is 7.20. The first-order valence-corrected chi connectivity index (χ1v) is 7.20. The molecule has 2 rings (SSSR count). The van der Waals surface area contributed by atoms with Crippen LogP contribution in [0.15, 0.2) is 35.3 Å². The SMILES string of the molecule is CN(CCC(=O)O)c1ccc2c(=O)n(CCCO)ccc2c1. The summed E-state index contributed by atoms with van der Waals surface area (Å²) in [6.45, 7) is 0.956. The van der Waals surface area contributed by atoms with Crippen LogP contribution in [0.3, 0.4) is 0 Å². The number of hydrogen-bond donors (Lipinski definition) is 2. The number of carbonyl (C=O) groups is 1. The predicted molar refractivity (Wildman–Crippen MR) is 85.4 cm³/mol. The third-order valence-electron chi connectivity index (χ3n) is 3.62. The number of aliphatic hydroxyl groups is 1. The van der Waals surface area contributed by atoms with Crippen LogP contribution in [0.4, 0.5) is 5.69 Å². The number of hydrogen-bond acceptors (Lipinski definition) is 4. The molecule has 0 unspecified atom stereocenters. The number of nitrogens with zero attached hydrogens (tertiary/aromatic N) is 2. The van der Waals surface area contributed by atoms with Crippen molar-refractivity contribution >= 4 is 22.4 Å². The lowest BCUT2D eigenvalue weighted by Crippen LogP contribution is -2.22. The molecule has 1 aromatic heterocycles. The van der Waals surface area contributed by atoms with E-state index in [9.17, 15) is 9.59 Å². The van der Waals surface area contributed by atoms with E-state index in [1.807, 2.05) is 30.1 Å². The number of fused-ring (bicyclic) bond motifs is 1. The Morgan fingerprint density at radius 1 is 1.32 bits per heavy atom. The molecule has 0 bridgehead atoms. The fourth-order valence-corrected chi connectivity index (χ4v) is 2.32. The van der Waals surface area contributed by atoms with Crippen LogP contribution in [-0.2, 0) is 11.3 Å². The zero-order valence-electron chi connectivity index (χ0n) is 12.5. The summed E-state index contributed by atoms with van der Waals surface area (Å²) in [5.74, 6) is -0.834. The molecule has 2 N–H and O–H groups in total. The van der Waals surface area contributed by atoms with Crippen LogP contribution in [0.5, 0.6) is 0 Å². The molecule has 0 aliphatic rings. The van der Waals surface area contributed by atoms with Crippen LogP contribution in [0.2, 0.25) is 0 Å². The summed E-state index contributed by atoms with van der Waals surface area (Å²) in [5.41, 5.74) is 0.798. The summed E-state index contributed by atoms with van der Waals surface area (Å²) in [6.07, 6.45) is 2.33. The van der Waals surface area contributed by atoms with Crippen molar-refractivity contribution in [3.63, 3.8) is 0 Å². The largest absolute Gasteiger partial charge is 0.481 e. The molecule has 0 saturated carbocycles. The van der Waals surface area contributed by atoms with Crippen LogP contribution in [-0.4, -0.2) is 40.9 Å². The molecule has 0 aliphatic carbocycles. The lowest BCUT2D eigenvalue weighted by molar-refractivity contribution is -0.136. The van der Waals surface area contributed by atoms with Crippen LogP contribution < -0.4 is 10.5 Å². The predicted octanol–water partition coefficient (Wildman–Crippen LogP) is 1.29. The molecule has 0 spiro atoms. The van der Waals surface area contributed by atoms with Crippen molar-refractivity contribution in [3.8, 4) is 0 Å². The Bertz CT molecular complexity index is 724. The summed E-state index contributed by atoms with van der Waals surface area (Å²) in [4.78, 5) is 24.8. The molecule has 118 valence electrons. The molecule has 1 heterocycles. The van der Waals surface area contributed by atoms with Gasteiger partial charge in [0.2, 0.25) is 0 Å². The standard InChI is InChI=1S/C16H20N2O4/c1-17(8-6-15(20)21)13-3-4-14-12(11-13)5-9-18(16(14)22)7-2-10-19/h3-5,9,11,19H,2,6-8,10H2,1H3,(H,20,21). The molecule has 22 heavy (non-hydrogen) atoms. The molecule has 1 aromatic carbocycles. The van der Waals surface area contributed by atoms with Crippen molar-refractivity contribution in [2.75, 3.05) is 25.1 Å². The molecular formula is C16H20N2O4. The Morgan fingerprint density at radius 2 is 2.09 bits per heavy atom. The molecule has 6 heteroatoms. The number of aromatic nitrogens is 1. The topological polar surface area (TPSA) is 82.8 Å². The second-order valence-electron chi connectivity index (χ2n) is 5.23. The summed E-state index contributed by atoms with van der Waals surface area (Å²) in [5, 5.41) is 19.0. The Hall–Kier alpha value is -2.34. The van der Waals surface area contributed by atoms with Gasteiger partial charge < -0.3 is 19.7 Å². The zero-order chi connectivity index (χ0) is 16.1. The molecule has 0 amide bonds. The Morgan fingerprint density at radius 3 is 2.77 bits per heavy atom. The molecule has 0 saturated heterocycles. The number of pyridine rings is 1. The van der Waals surface area contributed by atoms with Gasteiger partial charge in [-0.15, -0.1) is 0 Å². The number of carboxylic acids is 1. The Kier molecular flexibility index (Phi) is 5.16. The fraction of sp³-hybridized carbons (Fsp3) is 0.375. The molecule has 6 nitrogen and oxygen atoms in total. The quantitative estimate of drug-likeness (QED) is 0.805. The first kappa shape index (κ1) is 16.0. The number of aliphatic carboxylic acids is 1. The van der Waals surface area contributed by atoms with Gasteiger partial charge in [-0.05, 0) is 36.1 Å². The minimum Gasteiger partial charge on any atom is -0.481 e. The zero-order valence-corrected chi connectivity index (χ0v) is 12.5. The van der Waals surface area contributed by atoms with E-state index in [1.165, 1.54) is 0 Å². The van der Waals surface area contributed by atoms with Gasteiger partial charge in [-0.2, -0.15) is 0 Å². The fourth-order valence-electron chi connectivity index (χ4n) is 2.32. The summed E-state index contributed by atoms with van der Waals surface area (Å²) < 4.78 is 1.59. The normalized spacial score (nSPS) is 10.8. The molecule has 2 aromatic rings. The summed E-state index contributed by atoms with van der Waals surface area (Å²) in [6, 6.07) is 7.33. The van der Waals surface area contributed by atoms with Crippen molar-refractivity contribution < 1.29 is 15.0 Å². The molecule has 0 atom stereocenters. The third kappa shape index (κ3) is 3.65. The smallest absolute Gasteiger partial charge is 0.305 e. The maximum atomic E-state index is 12.3. The van der Waals surface area contributed by atoms with E-state index < -0.39 is 5.97 Å². The highest BCUT2D eigenvalue weighted by Gasteiger charge is 2.07. The average molecular weight is 304 g/mol. The van der Waals surface area contributed by atoms with Gasteiger partial charge in [0, 0.05) is 44.0 Å². The number of carboxylic acid groups (broad SMARTS) is 1. The van der Waals surface area contributed by atoms with Crippen molar-refractivity contribution in [2.45, 2.75) is 19.4 Å². The van der Waals surface area contributed by atoms with Crippen molar-refractivity contribution in [1.82, 2.24) is 4.57 Å². The third-order valence-corrected chi connectivity index (χ3v) is 3.62. The Balaban J connectivity index is 2.28. The van der Waals surface area contributed by atoms with Crippen molar-refractivity contribution in [2.24, 2.45) is 0 Å². The summed E-state index contributed by atoms with van der Waals surface area (Å²) in [7, 11) is 1.83. The monoisotopic (exact) mass is 304 g/mol. The number of rotatable bonds is 7. The van der Waals surface area contributed by atoms with Gasteiger partial charge >= 0.3 is 5.97 Å². The van der Waals surface area contributed by atoms with Gasteiger partial charge in [-0.25, -0.2) is 0 Å². The first-order chi connectivity index (χ1) is 10.5. The highest BCUT2D eigenvalue weighted by molar-refractivity contribution is 5.85. The van der Waals surface area contributed by atoms with E-state index in [0.29, 0.717) is 24.9 Å². The van der Waals surface area contributed by atoms with E-state index in [1.54, 1.807) is 16.8 Å². The van der Waals surface area contributed by atoms with Gasteiger partial charge in [0.25, 0.3) is 5.56 Å². The van der Waals surface area contributed by atoms with Gasteiger partial charge in [-0.3, -0.25) is 9.59 Å². The van der Waals surface area contributed by atoms with Gasteiger partial charge in [0.1, 0.15) is 0 Å². The van der Waals surface area contributed by atoms with Crippen molar-refractivity contribution in [1.29, 1.82) is 0 Å². The van der Waals surface area contributed by atoms with Gasteiger partial charge in [-0.1, -0.05) is 0 Å². The second-order valence-corrected chi connectivity index (χ2v) is 5.23. The number of benzene rings is 1. The minimum absolute atomic E-state index is 0.0534. The molecule has 0 aliphatic heterocycles. The van der Waals surface area contributed by atoms with Crippen LogP contribution in [0.1, 0.15) is 12.8 Å². The lowest BCUT2D eigenvalue weighted by atomic mass is 10.1. The number of aliphatic hydroxyl groups excluding tert-OH is 1. The van der Waals surface area contributed by atoms with Gasteiger partial charge in [0.15, 0.2) is 0 Å². The highest BCUT2D eigenvalue weighted by Crippen LogP contribution is 2.19. The van der Waals surface area contributed by atoms with E-state index in [-0.39, 0.29) is 18.6 Å². The number of anilines is 1. The summed E-state index contributed by atoms with van der Waals surface area (Å²) >= 11 is 0. The minimum atomic E-state index is -0.834. The van der Waals surface area contributed by atoms with Crippen molar-refractivity contribution in [3.05, 3.63) is 40.8 Å². The Labute approximate surface area is 128 Å². The van der Waals surface area contributed by atoms with Crippen LogP contribution in [0.25, 0.3) is 10.8 Å². The molecule has 0 fully saturated rings. The van der Waals surface area contributed by atoms with Crippen LogP contribution >= 0.6 is 0 Å². The maximum Gasteiger partial charge on any atom is 0.305 e. The average Bonchev–Trinajstić information content (AvgIpc) is 2.51. The molecular weight excluding hydrogens is 284 g/mol. The number of aryl methyl sites for hydroxylation is 1. The molecule has 0 radical (unpaired) electrons. The maximum absolute atomic E-state index is 12.3. The van der Waals surface area contributed by atoms with E-state index in [2.05, 4.69) is 0 Å². The second kappa shape index (κ2) is 7.09. The van der Waals surface area contributed by atoms with E-state index in [0.717, 1.165) is 11.1 Å². The highest BCUT2D eigenvalue weighted by atomic mass is 16.4. The van der Waals surface area contributed by atoms with Gasteiger partial charge in [0.05, 0.1) is 6.42 Å².